The van der Waals surface area contributed by atoms with Crippen molar-refractivity contribution in [1.29, 1.82) is 0 Å². The number of amides is 1. The normalized spacial score (nSPS) is 14.4. The first kappa shape index (κ1) is 17.2. The minimum atomic E-state index is 0.0758. The van der Waals surface area contributed by atoms with Gasteiger partial charge < -0.3 is 14.4 Å². The number of aromatic nitrogens is 4. The Balaban J connectivity index is 1.51. The number of rotatable bonds is 3. The molecule has 0 unspecified atom stereocenters. The van der Waals surface area contributed by atoms with Crippen molar-refractivity contribution < 1.29 is 4.79 Å². The van der Waals surface area contributed by atoms with Crippen LogP contribution in [0.25, 0.3) is 5.69 Å². The number of piperazine rings is 1. The third-order valence-electron chi connectivity index (χ3n) is 4.97. The Hall–Kier alpha value is -3.22. The van der Waals surface area contributed by atoms with E-state index in [0.29, 0.717) is 13.1 Å². The minimum absolute atomic E-state index is 0.0758. The number of hydrogen-bond donors (Lipinski definition) is 0. The third kappa shape index (κ3) is 3.28. The van der Waals surface area contributed by atoms with Crippen LogP contribution in [0, 0.1) is 13.8 Å². The highest BCUT2D eigenvalue weighted by Crippen LogP contribution is 2.22. The second-order valence-corrected chi connectivity index (χ2v) is 6.66. The first-order valence-electron chi connectivity index (χ1n) is 9.06. The highest BCUT2D eigenvalue weighted by atomic mass is 16.2. The number of carbonyl (C=O) groups excluding carboxylic acids is 1. The van der Waals surface area contributed by atoms with Crippen LogP contribution in [-0.4, -0.2) is 56.5 Å². The topological polar surface area (TPSA) is 67.2 Å². The van der Waals surface area contributed by atoms with Crippen LogP contribution in [0.4, 0.5) is 5.95 Å². The SMILES string of the molecule is Cc1cc(C(=O)N2CCN(c3ncccn3)CC2)c(C)n1-c1cccnc1. The highest BCUT2D eigenvalue weighted by molar-refractivity contribution is 5.96. The van der Waals surface area contributed by atoms with E-state index in [2.05, 4.69) is 24.4 Å². The van der Waals surface area contributed by atoms with Gasteiger partial charge in [-0.1, -0.05) is 0 Å². The van der Waals surface area contributed by atoms with E-state index in [4.69, 9.17) is 0 Å². The summed E-state index contributed by atoms with van der Waals surface area (Å²) in [6.07, 6.45) is 7.05. The van der Waals surface area contributed by atoms with Crippen LogP contribution in [0.1, 0.15) is 21.7 Å². The van der Waals surface area contributed by atoms with E-state index in [9.17, 15) is 4.79 Å². The van der Waals surface area contributed by atoms with Crippen molar-refractivity contribution >= 4 is 11.9 Å². The summed E-state index contributed by atoms with van der Waals surface area (Å²) in [4.78, 5) is 29.9. The summed E-state index contributed by atoms with van der Waals surface area (Å²) in [6, 6.07) is 7.68. The molecule has 0 saturated carbocycles. The minimum Gasteiger partial charge on any atom is -0.337 e. The monoisotopic (exact) mass is 362 g/mol. The fraction of sp³-hybridized carbons (Fsp3) is 0.300. The van der Waals surface area contributed by atoms with Gasteiger partial charge in [0.25, 0.3) is 5.91 Å². The van der Waals surface area contributed by atoms with Gasteiger partial charge in [-0.3, -0.25) is 9.78 Å². The molecule has 0 atom stereocenters. The molecule has 0 radical (unpaired) electrons. The molecule has 4 rings (SSSR count). The van der Waals surface area contributed by atoms with Crippen molar-refractivity contribution in [3.05, 3.63) is 66.0 Å². The van der Waals surface area contributed by atoms with Crippen molar-refractivity contribution in [3.63, 3.8) is 0 Å². The van der Waals surface area contributed by atoms with Gasteiger partial charge >= 0.3 is 0 Å². The standard InChI is InChI=1S/C20H22N6O/c1-15-13-18(16(2)26(15)17-5-3-6-21-14-17)19(27)24-9-11-25(12-10-24)20-22-7-4-8-23-20/h3-8,13-14H,9-12H2,1-2H3. The number of carbonyl (C=O) groups is 1. The summed E-state index contributed by atoms with van der Waals surface area (Å²) < 4.78 is 2.08. The lowest BCUT2D eigenvalue weighted by Crippen LogP contribution is -2.49. The average Bonchev–Trinajstić information content (AvgIpc) is 3.03. The maximum atomic E-state index is 13.1. The predicted octanol–water partition coefficient (Wildman–Crippen LogP) is 2.24. The number of aryl methyl sites for hydroxylation is 1. The first-order valence-corrected chi connectivity index (χ1v) is 9.06. The van der Waals surface area contributed by atoms with E-state index in [1.165, 1.54) is 0 Å². The molecule has 1 saturated heterocycles. The van der Waals surface area contributed by atoms with Gasteiger partial charge in [0, 0.05) is 56.2 Å². The van der Waals surface area contributed by atoms with Gasteiger partial charge in [0.2, 0.25) is 5.95 Å². The van der Waals surface area contributed by atoms with Crippen LogP contribution < -0.4 is 4.90 Å². The van der Waals surface area contributed by atoms with Gasteiger partial charge in [0.15, 0.2) is 0 Å². The molecule has 27 heavy (non-hydrogen) atoms. The summed E-state index contributed by atoms with van der Waals surface area (Å²) in [7, 11) is 0. The van der Waals surface area contributed by atoms with Gasteiger partial charge in [-0.05, 0) is 38.1 Å². The van der Waals surface area contributed by atoms with Crippen molar-refractivity contribution in [3.8, 4) is 5.69 Å². The number of pyridine rings is 1. The Morgan fingerprint density at radius 3 is 2.41 bits per heavy atom. The highest BCUT2D eigenvalue weighted by Gasteiger charge is 2.26. The molecule has 1 fully saturated rings. The molecule has 0 bridgehead atoms. The maximum Gasteiger partial charge on any atom is 0.255 e. The molecular weight excluding hydrogens is 340 g/mol. The molecule has 3 aromatic heterocycles. The fourth-order valence-electron chi connectivity index (χ4n) is 3.60. The van der Waals surface area contributed by atoms with Crippen LogP contribution >= 0.6 is 0 Å². The van der Waals surface area contributed by atoms with Crippen molar-refractivity contribution in [1.82, 2.24) is 24.4 Å². The van der Waals surface area contributed by atoms with E-state index in [1.54, 1.807) is 24.7 Å². The molecule has 0 N–H and O–H groups in total. The summed E-state index contributed by atoms with van der Waals surface area (Å²) >= 11 is 0. The Labute approximate surface area is 158 Å². The van der Waals surface area contributed by atoms with E-state index < -0.39 is 0 Å². The summed E-state index contributed by atoms with van der Waals surface area (Å²) in [6.45, 7) is 6.79. The Bertz CT molecular complexity index is 930. The molecule has 1 amide bonds. The van der Waals surface area contributed by atoms with Crippen LogP contribution in [-0.2, 0) is 0 Å². The van der Waals surface area contributed by atoms with Gasteiger partial charge in [0.1, 0.15) is 0 Å². The molecule has 0 aliphatic carbocycles. The Kier molecular flexibility index (Phi) is 4.58. The molecule has 7 nitrogen and oxygen atoms in total. The Morgan fingerprint density at radius 1 is 1.00 bits per heavy atom. The largest absolute Gasteiger partial charge is 0.337 e. The van der Waals surface area contributed by atoms with Crippen molar-refractivity contribution in [2.45, 2.75) is 13.8 Å². The first-order chi connectivity index (χ1) is 13.1. The van der Waals surface area contributed by atoms with Crippen molar-refractivity contribution in [2.75, 3.05) is 31.1 Å². The summed E-state index contributed by atoms with van der Waals surface area (Å²) in [5.41, 5.74) is 3.69. The molecule has 7 heteroatoms. The zero-order valence-corrected chi connectivity index (χ0v) is 15.5. The molecular formula is C20H22N6O. The second-order valence-electron chi connectivity index (χ2n) is 6.66. The van der Waals surface area contributed by atoms with Crippen LogP contribution in [0.15, 0.2) is 49.1 Å². The summed E-state index contributed by atoms with van der Waals surface area (Å²) in [5, 5.41) is 0. The lowest BCUT2D eigenvalue weighted by molar-refractivity contribution is 0.0745. The van der Waals surface area contributed by atoms with Gasteiger partial charge in [0.05, 0.1) is 17.4 Å². The Morgan fingerprint density at radius 2 is 1.74 bits per heavy atom. The van der Waals surface area contributed by atoms with Crippen LogP contribution in [0.2, 0.25) is 0 Å². The molecule has 0 spiro atoms. The average molecular weight is 362 g/mol. The van der Waals surface area contributed by atoms with Gasteiger partial charge in [-0.25, -0.2) is 9.97 Å². The van der Waals surface area contributed by atoms with E-state index in [-0.39, 0.29) is 5.91 Å². The quantitative estimate of drug-likeness (QED) is 0.715. The van der Waals surface area contributed by atoms with E-state index in [0.717, 1.165) is 41.7 Å². The molecule has 138 valence electrons. The fourth-order valence-corrected chi connectivity index (χ4v) is 3.60. The number of anilines is 1. The smallest absolute Gasteiger partial charge is 0.255 e. The number of hydrogen-bond acceptors (Lipinski definition) is 5. The molecule has 4 heterocycles. The lowest BCUT2D eigenvalue weighted by Gasteiger charge is -2.34. The third-order valence-corrected chi connectivity index (χ3v) is 4.97. The zero-order chi connectivity index (χ0) is 18.8. The molecule has 1 aliphatic heterocycles. The predicted molar refractivity (Wildman–Crippen MR) is 103 cm³/mol. The number of nitrogens with zero attached hydrogens (tertiary/aromatic N) is 6. The van der Waals surface area contributed by atoms with Crippen LogP contribution in [0.5, 0.6) is 0 Å². The van der Waals surface area contributed by atoms with Crippen LogP contribution in [0.3, 0.4) is 0 Å². The van der Waals surface area contributed by atoms with E-state index in [1.807, 2.05) is 43.1 Å². The second kappa shape index (κ2) is 7.19. The van der Waals surface area contributed by atoms with Gasteiger partial charge in [-0.15, -0.1) is 0 Å². The zero-order valence-electron chi connectivity index (χ0n) is 15.5. The van der Waals surface area contributed by atoms with Gasteiger partial charge in [-0.2, -0.15) is 0 Å². The lowest BCUT2D eigenvalue weighted by atomic mass is 10.2. The maximum absolute atomic E-state index is 13.1. The van der Waals surface area contributed by atoms with Crippen molar-refractivity contribution in [2.24, 2.45) is 0 Å². The summed E-state index contributed by atoms with van der Waals surface area (Å²) in [5.74, 6) is 0.797. The molecule has 1 aliphatic rings. The molecule has 3 aromatic rings. The van der Waals surface area contributed by atoms with E-state index >= 15 is 0 Å². The molecule has 0 aromatic carbocycles.